The first kappa shape index (κ1) is 21.7. The van der Waals surface area contributed by atoms with Gasteiger partial charge in [0.15, 0.2) is 5.78 Å². The van der Waals surface area contributed by atoms with Crippen LogP contribution in [0.3, 0.4) is 0 Å². The molecule has 1 fully saturated rings. The molecule has 3 heterocycles. The van der Waals surface area contributed by atoms with Gasteiger partial charge in [-0.2, -0.15) is 4.98 Å². The number of carbonyl (C=O) groups is 2. The Balaban J connectivity index is 1.37. The molecule has 4 aromatic rings. The third kappa shape index (κ3) is 4.12. The molecule has 0 amide bonds. The lowest BCUT2D eigenvalue weighted by atomic mass is 9.99. The molecule has 0 radical (unpaired) electrons. The number of carbonyl (C=O) groups excluding carboxylic acids is 1. The van der Waals surface area contributed by atoms with Crippen molar-refractivity contribution in [2.75, 3.05) is 19.7 Å². The number of aliphatic hydroxyl groups excluding tert-OH is 1. The molecule has 0 atom stereocenters. The van der Waals surface area contributed by atoms with Crippen LogP contribution in [0.4, 0.5) is 0 Å². The van der Waals surface area contributed by atoms with Crippen molar-refractivity contribution in [1.82, 2.24) is 20.2 Å². The fraction of sp³-hybridized carbons (Fsp3) is 0.208. The first-order valence-electron chi connectivity index (χ1n) is 10.6. The van der Waals surface area contributed by atoms with Crippen LogP contribution < -0.4 is 0 Å². The van der Waals surface area contributed by atoms with Crippen molar-refractivity contribution in [1.29, 1.82) is 0 Å². The number of aliphatic hydroxyl groups is 1. The fourth-order valence-corrected chi connectivity index (χ4v) is 3.87. The van der Waals surface area contributed by atoms with Crippen molar-refractivity contribution in [2.24, 2.45) is 5.92 Å². The van der Waals surface area contributed by atoms with Gasteiger partial charge >= 0.3 is 5.97 Å². The van der Waals surface area contributed by atoms with Gasteiger partial charge in [-0.25, -0.2) is 0 Å². The zero-order chi connectivity index (χ0) is 23.7. The number of carboxylic acid groups (broad SMARTS) is 1. The van der Waals surface area contributed by atoms with Gasteiger partial charge in [-0.05, 0) is 5.56 Å². The Bertz CT molecular complexity index is 1320. The molecule has 0 bridgehead atoms. The first-order chi connectivity index (χ1) is 16.5. The summed E-state index contributed by atoms with van der Waals surface area (Å²) in [7, 11) is 0. The number of aliphatic carboxylic acids is 1. The molecule has 10 nitrogen and oxygen atoms in total. The van der Waals surface area contributed by atoms with Gasteiger partial charge in [0.25, 0.3) is 5.89 Å². The smallest absolute Gasteiger partial charge is 0.309 e. The van der Waals surface area contributed by atoms with Crippen molar-refractivity contribution in [3.05, 3.63) is 65.7 Å². The van der Waals surface area contributed by atoms with E-state index in [-0.39, 0.29) is 28.8 Å². The first-order valence-corrected chi connectivity index (χ1v) is 10.6. The van der Waals surface area contributed by atoms with Crippen LogP contribution in [0.25, 0.3) is 34.3 Å². The average Bonchev–Trinajstić information content (AvgIpc) is 3.49. The highest BCUT2D eigenvalue weighted by Gasteiger charge is 2.32. The molecule has 2 N–H and O–H groups in total. The highest BCUT2D eigenvalue weighted by atomic mass is 16.5. The minimum Gasteiger partial charge on any atom is -0.481 e. The number of aromatic nitrogens is 3. The van der Waals surface area contributed by atoms with E-state index < -0.39 is 18.4 Å². The minimum absolute atomic E-state index is 0.000888. The van der Waals surface area contributed by atoms with Gasteiger partial charge in [0.05, 0.1) is 5.92 Å². The molecule has 1 aliphatic heterocycles. The van der Waals surface area contributed by atoms with E-state index in [1.165, 1.54) is 0 Å². The van der Waals surface area contributed by atoms with E-state index in [9.17, 15) is 14.7 Å². The lowest BCUT2D eigenvalue weighted by molar-refractivity contribution is -0.147. The molecule has 0 unspecified atom stereocenters. The third-order valence-corrected chi connectivity index (χ3v) is 5.71. The molecule has 34 heavy (non-hydrogen) atoms. The van der Waals surface area contributed by atoms with Crippen LogP contribution in [0.5, 0.6) is 0 Å². The van der Waals surface area contributed by atoms with Crippen molar-refractivity contribution >= 4 is 11.8 Å². The molecule has 1 saturated heterocycles. The molecule has 0 saturated carbocycles. The van der Waals surface area contributed by atoms with E-state index in [4.69, 9.17) is 14.2 Å². The quantitative estimate of drug-likeness (QED) is 0.377. The second-order valence-corrected chi connectivity index (χ2v) is 8.03. The molecule has 5 rings (SSSR count). The summed E-state index contributed by atoms with van der Waals surface area (Å²) >= 11 is 0. The number of rotatable bonds is 8. The van der Waals surface area contributed by atoms with Crippen LogP contribution in [0.15, 0.2) is 63.6 Å². The number of benzene rings is 2. The predicted molar refractivity (Wildman–Crippen MR) is 118 cm³/mol. The summed E-state index contributed by atoms with van der Waals surface area (Å²) < 4.78 is 10.7. The summed E-state index contributed by atoms with van der Waals surface area (Å²) in [6.45, 7) is 1.03. The highest BCUT2D eigenvalue weighted by Crippen LogP contribution is 2.33. The van der Waals surface area contributed by atoms with Crippen LogP contribution >= 0.6 is 0 Å². The van der Waals surface area contributed by atoms with Gasteiger partial charge in [-0.1, -0.05) is 64.9 Å². The van der Waals surface area contributed by atoms with Gasteiger partial charge in [-0.3, -0.25) is 14.5 Å². The third-order valence-electron chi connectivity index (χ3n) is 5.71. The molecular weight excluding hydrogens is 440 g/mol. The fourth-order valence-electron chi connectivity index (χ4n) is 3.87. The number of ketones is 1. The van der Waals surface area contributed by atoms with Gasteiger partial charge in [-0.15, -0.1) is 0 Å². The summed E-state index contributed by atoms with van der Waals surface area (Å²) in [5, 5.41) is 26.5. The Labute approximate surface area is 193 Å². The maximum Gasteiger partial charge on any atom is 0.309 e. The van der Waals surface area contributed by atoms with E-state index in [0.717, 1.165) is 5.56 Å². The van der Waals surface area contributed by atoms with Crippen LogP contribution in [0.2, 0.25) is 0 Å². The monoisotopic (exact) mass is 460 g/mol. The Morgan fingerprint density at radius 2 is 1.71 bits per heavy atom. The van der Waals surface area contributed by atoms with E-state index >= 15 is 0 Å². The standard InChI is InChI=1S/C24H20N4O6/c29-13-18(30)19-20(15-4-2-1-3-5-15)26-33-21(19)23-25-22(27-34-23)16-8-6-14(7-9-16)10-28-11-17(12-28)24(31)32/h1-9,17,29H,10-13H2,(H,31,32). The SMILES string of the molecule is O=C(CO)c1c(-c2ccccc2)noc1-c1nc(-c2ccc(CN3CC(C(=O)O)C3)cc2)no1. The Morgan fingerprint density at radius 3 is 2.38 bits per heavy atom. The van der Waals surface area contributed by atoms with Crippen LogP contribution in [-0.2, 0) is 11.3 Å². The van der Waals surface area contributed by atoms with Gasteiger partial charge in [0.2, 0.25) is 11.6 Å². The van der Waals surface area contributed by atoms with Crippen molar-refractivity contribution in [3.63, 3.8) is 0 Å². The lowest BCUT2D eigenvalue weighted by Crippen LogP contribution is -2.49. The molecule has 10 heteroatoms. The predicted octanol–water partition coefficient (Wildman–Crippen LogP) is 2.75. The summed E-state index contributed by atoms with van der Waals surface area (Å²) in [6.07, 6.45) is 0. The molecular formula is C24H20N4O6. The second-order valence-electron chi connectivity index (χ2n) is 8.03. The van der Waals surface area contributed by atoms with E-state index in [2.05, 4.69) is 20.2 Å². The zero-order valence-corrected chi connectivity index (χ0v) is 17.9. The maximum atomic E-state index is 12.5. The number of nitrogens with zero attached hydrogens (tertiary/aromatic N) is 4. The number of Topliss-reactive ketones (excluding diaryl/α,β-unsaturated/α-hetero) is 1. The van der Waals surface area contributed by atoms with E-state index in [1.807, 2.05) is 30.3 Å². The van der Waals surface area contributed by atoms with Crippen LogP contribution in [0.1, 0.15) is 15.9 Å². The van der Waals surface area contributed by atoms with E-state index in [1.54, 1.807) is 24.3 Å². The van der Waals surface area contributed by atoms with Crippen molar-refractivity contribution < 1.29 is 28.8 Å². The number of hydrogen-bond acceptors (Lipinski definition) is 9. The molecule has 0 aliphatic carbocycles. The average molecular weight is 460 g/mol. The normalized spacial score (nSPS) is 14.1. The Hall–Kier alpha value is -4.15. The summed E-state index contributed by atoms with van der Waals surface area (Å²) in [4.78, 5) is 29.8. The lowest BCUT2D eigenvalue weighted by Gasteiger charge is -2.36. The van der Waals surface area contributed by atoms with Crippen molar-refractivity contribution in [3.8, 4) is 34.3 Å². The number of hydrogen-bond donors (Lipinski definition) is 2. The summed E-state index contributed by atoms with van der Waals surface area (Å²) in [5.74, 6) is -1.35. The van der Waals surface area contributed by atoms with E-state index in [0.29, 0.717) is 36.6 Å². The number of carboxylic acids is 1. The number of likely N-dealkylation sites (tertiary alicyclic amines) is 1. The molecule has 172 valence electrons. The topological polar surface area (TPSA) is 143 Å². The molecule has 0 spiro atoms. The van der Waals surface area contributed by atoms with Gasteiger partial charge < -0.3 is 19.3 Å². The largest absolute Gasteiger partial charge is 0.481 e. The minimum atomic E-state index is -0.758. The zero-order valence-electron chi connectivity index (χ0n) is 17.9. The Kier molecular flexibility index (Phi) is 5.74. The molecule has 2 aromatic carbocycles. The highest BCUT2D eigenvalue weighted by molar-refractivity contribution is 6.06. The van der Waals surface area contributed by atoms with Crippen LogP contribution in [-0.4, -0.2) is 61.9 Å². The maximum absolute atomic E-state index is 12.5. The molecule has 2 aromatic heterocycles. The summed E-state index contributed by atoms with van der Waals surface area (Å²) in [6, 6.07) is 16.5. The Morgan fingerprint density at radius 1 is 0.971 bits per heavy atom. The summed E-state index contributed by atoms with van der Waals surface area (Å²) in [5.41, 5.74) is 2.75. The molecule has 1 aliphatic rings. The van der Waals surface area contributed by atoms with Crippen LogP contribution in [0, 0.1) is 5.92 Å². The second kappa shape index (κ2) is 9.00. The van der Waals surface area contributed by atoms with Gasteiger partial charge in [0, 0.05) is 30.8 Å². The van der Waals surface area contributed by atoms with Crippen molar-refractivity contribution in [2.45, 2.75) is 6.54 Å². The van der Waals surface area contributed by atoms with Gasteiger partial charge in [0.1, 0.15) is 17.9 Å².